The van der Waals surface area contributed by atoms with Crippen molar-refractivity contribution < 1.29 is 26.8 Å². The number of carbonyl (C=O) groups excluding carboxylic acids is 2. The molecule has 0 aromatic heterocycles. The smallest absolute Gasteiger partial charge is 0.283 e. The number of likely N-dealkylation sites (tertiary alicyclic amines) is 1. The lowest BCUT2D eigenvalue weighted by Gasteiger charge is -2.22. The van der Waals surface area contributed by atoms with Gasteiger partial charge in [-0.1, -0.05) is 19.9 Å². The van der Waals surface area contributed by atoms with Gasteiger partial charge < -0.3 is 15.5 Å². The number of hydrogen-bond acceptors (Lipinski definition) is 4. The maximum Gasteiger partial charge on any atom is 0.283 e. The number of sulfonamides is 1. The highest BCUT2D eigenvalue weighted by Gasteiger charge is 2.27. The van der Waals surface area contributed by atoms with Crippen LogP contribution in [0.15, 0.2) is 51.8 Å². The van der Waals surface area contributed by atoms with Crippen molar-refractivity contribution in [1.82, 2.24) is 10.2 Å². The predicted molar refractivity (Wildman–Crippen MR) is 124 cm³/mol. The van der Waals surface area contributed by atoms with Gasteiger partial charge in [0.15, 0.2) is 0 Å². The lowest BCUT2D eigenvalue weighted by Crippen LogP contribution is -2.47. The van der Waals surface area contributed by atoms with Crippen molar-refractivity contribution in [3.8, 4) is 0 Å². The zero-order valence-electron chi connectivity index (χ0n) is 19.0. The fourth-order valence-corrected chi connectivity index (χ4v) is 4.59. The van der Waals surface area contributed by atoms with Gasteiger partial charge in [0, 0.05) is 25.7 Å². The van der Waals surface area contributed by atoms with Crippen LogP contribution in [-0.2, 0) is 14.8 Å². The predicted octanol–water partition coefficient (Wildman–Crippen LogP) is 3.17. The summed E-state index contributed by atoms with van der Waals surface area (Å²) in [5, 5.41) is 4.95. The average Bonchev–Trinajstić information content (AvgIpc) is 3.15. The minimum atomic E-state index is -3.90. The van der Waals surface area contributed by atoms with Crippen molar-refractivity contribution in [3.05, 3.63) is 59.7 Å². The number of benzene rings is 2. The van der Waals surface area contributed by atoms with Crippen LogP contribution in [0.5, 0.6) is 0 Å². The van der Waals surface area contributed by atoms with E-state index < -0.39 is 51.0 Å². The third kappa shape index (κ3) is 5.77. The minimum Gasteiger partial charge on any atom is -0.362 e. The normalized spacial score (nSPS) is 16.1. The molecule has 0 aliphatic carbocycles. The Morgan fingerprint density at radius 1 is 1.06 bits per heavy atom. The van der Waals surface area contributed by atoms with E-state index >= 15 is 0 Å². The van der Waals surface area contributed by atoms with Crippen LogP contribution in [0.4, 0.5) is 14.5 Å². The number of nitrogens with zero attached hydrogens (tertiary/aromatic N) is 2. The molecule has 1 heterocycles. The van der Waals surface area contributed by atoms with E-state index in [1.165, 1.54) is 24.3 Å². The van der Waals surface area contributed by atoms with Gasteiger partial charge in [-0.3, -0.25) is 9.59 Å². The second kappa shape index (κ2) is 10.3. The van der Waals surface area contributed by atoms with Crippen molar-refractivity contribution in [1.29, 1.82) is 0 Å². The number of nitrogens with one attached hydrogen (secondary N) is 2. The Kier molecular flexibility index (Phi) is 7.65. The van der Waals surface area contributed by atoms with E-state index in [0.29, 0.717) is 12.3 Å². The molecule has 2 aromatic rings. The van der Waals surface area contributed by atoms with Crippen LogP contribution in [0.3, 0.4) is 0 Å². The largest absolute Gasteiger partial charge is 0.362 e. The van der Waals surface area contributed by atoms with Gasteiger partial charge >= 0.3 is 0 Å². The topological polar surface area (TPSA) is 108 Å². The molecule has 1 aliphatic heterocycles. The monoisotopic (exact) mass is 492 g/mol. The highest BCUT2D eigenvalue weighted by atomic mass is 32.2. The standard InChI is InChI=1S/C23H26F2N4O4S/c1-14(2)21(27-22(30)20-17(24)6-4-7-18(20)25)23(31)26-15-9-11-16(12-10-15)34(32,33)28-19-8-5-13-29(19)3/h4,6-7,9-12,14,21H,5,8,13H2,1-3H3,(H,26,31)(H,27,30)/b28-19+/t21-/m0/s1. The van der Waals surface area contributed by atoms with Crippen molar-refractivity contribution in [2.75, 3.05) is 18.9 Å². The van der Waals surface area contributed by atoms with Gasteiger partial charge in [-0.2, -0.15) is 8.42 Å². The Bertz CT molecular complexity index is 1190. The first-order chi connectivity index (χ1) is 16.0. The average molecular weight is 493 g/mol. The molecule has 1 fully saturated rings. The SMILES string of the molecule is CC(C)[C@H](NC(=O)c1c(F)cccc1F)C(=O)Nc1ccc(S(=O)(=O)/N=C2\CCCN2C)cc1. The molecule has 2 aromatic carbocycles. The van der Waals surface area contributed by atoms with Crippen LogP contribution in [0.1, 0.15) is 37.0 Å². The van der Waals surface area contributed by atoms with E-state index in [1.54, 1.807) is 25.8 Å². The maximum atomic E-state index is 13.9. The Morgan fingerprint density at radius 2 is 1.68 bits per heavy atom. The van der Waals surface area contributed by atoms with Crippen LogP contribution in [0.2, 0.25) is 0 Å². The van der Waals surface area contributed by atoms with E-state index in [9.17, 15) is 26.8 Å². The second-order valence-corrected chi connectivity index (χ2v) is 9.92. The number of rotatable bonds is 7. The number of anilines is 1. The maximum absolute atomic E-state index is 13.9. The summed E-state index contributed by atoms with van der Waals surface area (Å²) in [5.41, 5.74) is -0.489. The van der Waals surface area contributed by atoms with Gasteiger partial charge in [-0.05, 0) is 48.7 Å². The van der Waals surface area contributed by atoms with Crippen molar-refractivity contribution in [2.45, 2.75) is 37.6 Å². The lowest BCUT2D eigenvalue weighted by molar-refractivity contribution is -0.118. The van der Waals surface area contributed by atoms with Crippen molar-refractivity contribution >= 4 is 33.4 Å². The van der Waals surface area contributed by atoms with E-state index in [0.717, 1.165) is 31.2 Å². The quantitative estimate of drug-likeness (QED) is 0.617. The minimum absolute atomic E-state index is 0.0259. The molecule has 0 spiro atoms. The molecule has 34 heavy (non-hydrogen) atoms. The number of halogens is 2. The number of amides is 2. The second-order valence-electron chi connectivity index (χ2n) is 8.31. The summed E-state index contributed by atoms with van der Waals surface area (Å²) in [7, 11) is -2.12. The molecular formula is C23H26F2N4O4S. The first-order valence-electron chi connectivity index (χ1n) is 10.7. The molecular weight excluding hydrogens is 466 g/mol. The molecule has 1 saturated heterocycles. The fourth-order valence-electron chi connectivity index (χ4n) is 3.49. The van der Waals surface area contributed by atoms with Crippen LogP contribution in [-0.4, -0.2) is 50.6 Å². The molecule has 8 nitrogen and oxygen atoms in total. The molecule has 1 atom stereocenters. The zero-order valence-corrected chi connectivity index (χ0v) is 19.8. The molecule has 0 radical (unpaired) electrons. The number of amidine groups is 1. The zero-order chi connectivity index (χ0) is 25.0. The van der Waals surface area contributed by atoms with Crippen LogP contribution >= 0.6 is 0 Å². The summed E-state index contributed by atoms with van der Waals surface area (Å²) in [6, 6.07) is 7.39. The molecule has 2 N–H and O–H groups in total. The fraction of sp³-hybridized carbons (Fsp3) is 0.348. The summed E-state index contributed by atoms with van der Waals surface area (Å²) in [4.78, 5) is 27.0. The molecule has 182 valence electrons. The summed E-state index contributed by atoms with van der Waals surface area (Å²) in [5.74, 6) is -3.66. The Morgan fingerprint density at radius 3 is 2.21 bits per heavy atom. The molecule has 2 amide bonds. The molecule has 0 saturated carbocycles. The van der Waals surface area contributed by atoms with Crippen molar-refractivity contribution in [2.24, 2.45) is 10.3 Å². The van der Waals surface area contributed by atoms with Gasteiger partial charge in [0.05, 0.1) is 4.90 Å². The molecule has 11 heteroatoms. The van der Waals surface area contributed by atoms with Crippen LogP contribution in [0, 0.1) is 17.6 Å². The number of hydrogen-bond donors (Lipinski definition) is 2. The molecule has 1 aliphatic rings. The van der Waals surface area contributed by atoms with Crippen LogP contribution in [0.25, 0.3) is 0 Å². The molecule has 0 unspecified atom stereocenters. The van der Waals surface area contributed by atoms with Gasteiger partial charge in [0.2, 0.25) is 5.91 Å². The number of carbonyl (C=O) groups is 2. The lowest BCUT2D eigenvalue weighted by atomic mass is 10.0. The van der Waals surface area contributed by atoms with E-state index in [-0.39, 0.29) is 10.6 Å². The third-order valence-electron chi connectivity index (χ3n) is 5.41. The molecule has 0 bridgehead atoms. The first kappa shape index (κ1) is 25.3. The summed E-state index contributed by atoms with van der Waals surface area (Å²) in [6.07, 6.45) is 1.43. The van der Waals surface area contributed by atoms with Crippen LogP contribution < -0.4 is 10.6 Å². The Hall–Kier alpha value is -3.34. The Balaban J connectivity index is 1.72. The van der Waals surface area contributed by atoms with Gasteiger partial charge in [-0.15, -0.1) is 4.40 Å². The van der Waals surface area contributed by atoms with E-state index in [2.05, 4.69) is 15.0 Å². The summed E-state index contributed by atoms with van der Waals surface area (Å²) >= 11 is 0. The third-order valence-corrected chi connectivity index (χ3v) is 6.72. The first-order valence-corrected chi connectivity index (χ1v) is 12.1. The highest BCUT2D eigenvalue weighted by Crippen LogP contribution is 2.20. The van der Waals surface area contributed by atoms with Gasteiger partial charge in [-0.25, -0.2) is 8.78 Å². The molecule has 3 rings (SSSR count). The summed E-state index contributed by atoms with van der Waals surface area (Å²) in [6.45, 7) is 4.07. The van der Waals surface area contributed by atoms with Gasteiger partial charge in [0.25, 0.3) is 15.9 Å². The highest BCUT2D eigenvalue weighted by molar-refractivity contribution is 7.90. The van der Waals surface area contributed by atoms with Gasteiger partial charge in [0.1, 0.15) is 29.1 Å². The van der Waals surface area contributed by atoms with E-state index in [4.69, 9.17) is 0 Å². The van der Waals surface area contributed by atoms with E-state index in [1.807, 2.05) is 0 Å². The van der Waals surface area contributed by atoms with Crippen molar-refractivity contribution in [3.63, 3.8) is 0 Å². The Labute approximate surface area is 197 Å². The summed E-state index contributed by atoms with van der Waals surface area (Å²) < 4.78 is 56.9.